The first-order chi connectivity index (χ1) is 8.88. The third-order valence-corrected chi connectivity index (χ3v) is 3.18. The van der Waals surface area contributed by atoms with Gasteiger partial charge in [-0.05, 0) is 21.0 Å². The number of hydrogen-bond donors (Lipinski definition) is 2. The van der Waals surface area contributed by atoms with E-state index in [-0.39, 0.29) is 11.8 Å². The Morgan fingerprint density at radius 3 is 2.63 bits per heavy atom. The Bertz CT molecular complexity index is 446. The van der Waals surface area contributed by atoms with Crippen molar-refractivity contribution in [3.05, 3.63) is 5.01 Å². The number of nitrogens with zero attached hydrogens (tertiary/aromatic N) is 3. The maximum absolute atomic E-state index is 11.7. The second kappa shape index (κ2) is 7.15. The average molecular weight is 285 g/mol. The Morgan fingerprint density at radius 2 is 2.05 bits per heavy atom. The molecule has 1 aromatic rings. The summed E-state index contributed by atoms with van der Waals surface area (Å²) in [7, 11) is 3.97. The van der Waals surface area contributed by atoms with Crippen molar-refractivity contribution < 1.29 is 9.59 Å². The molecule has 0 aliphatic heterocycles. The topological polar surface area (TPSA) is 87.2 Å². The molecule has 106 valence electrons. The van der Waals surface area contributed by atoms with E-state index in [2.05, 4.69) is 25.7 Å². The van der Waals surface area contributed by atoms with Gasteiger partial charge in [-0.15, -0.1) is 10.2 Å². The largest absolute Gasteiger partial charge is 0.345 e. The first kappa shape index (κ1) is 15.5. The second-order valence-electron chi connectivity index (χ2n) is 4.47. The zero-order chi connectivity index (χ0) is 14.4. The molecule has 1 rings (SSSR count). The van der Waals surface area contributed by atoms with Gasteiger partial charge in [-0.25, -0.2) is 0 Å². The lowest BCUT2D eigenvalue weighted by atomic mass is 10.3. The molecule has 19 heavy (non-hydrogen) atoms. The molecule has 1 heterocycles. The molecular weight excluding hydrogens is 266 g/mol. The van der Waals surface area contributed by atoms with Crippen LogP contribution in [0.25, 0.3) is 0 Å². The summed E-state index contributed by atoms with van der Waals surface area (Å²) in [5.41, 5.74) is 0. The molecule has 0 aliphatic rings. The summed E-state index contributed by atoms with van der Waals surface area (Å²) in [4.78, 5) is 24.6. The number of aromatic nitrogens is 2. The van der Waals surface area contributed by atoms with Crippen LogP contribution in [0.1, 0.15) is 18.9 Å². The molecule has 2 N–H and O–H groups in total. The fourth-order valence-electron chi connectivity index (χ4n) is 1.31. The predicted molar refractivity (Wildman–Crippen MR) is 74.1 cm³/mol. The summed E-state index contributed by atoms with van der Waals surface area (Å²) < 4.78 is 0. The summed E-state index contributed by atoms with van der Waals surface area (Å²) in [5.74, 6) is -0.544. The molecule has 0 saturated carbocycles. The zero-order valence-corrected chi connectivity index (χ0v) is 12.4. The minimum atomic E-state index is -0.591. The molecular formula is C11H19N5O2S. The molecule has 0 saturated heterocycles. The average Bonchev–Trinajstić information content (AvgIpc) is 2.73. The van der Waals surface area contributed by atoms with Gasteiger partial charge in [-0.1, -0.05) is 11.3 Å². The van der Waals surface area contributed by atoms with E-state index in [1.165, 1.54) is 18.3 Å². The fraction of sp³-hybridized carbons (Fsp3) is 0.636. The van der Waals surface area contributed by atoms with Crippen molar-refractivity contribution in [2.75, 3.05) is 26.0 Å². The molecule has 0 spiro atoms. The number of anilines is 1. The van der Waals surface area contributed by atoms with Crippen molar-refractivity contribution in [3.63, 3.8) is 0 Å². The molecule has 0 aromatic carbocycles. The monoisotopic (exact) mass is 285 g/mol. The number of carbonyl (C=O) groups excluding carboxylic acids is 2. The lowest BCUT2D eigenvalue weighted by Gasteiger charge is -2.10. The second-order valence-corrected chi connectivity index (χ2v) is 5.53. The highest BCUT2D eigenvalue weighted by atomic mass is 32.1. The van der Waals surface area contributed by atoms with Crippen molar-refractivity contribution >= 4 is 28.3 Å². The number of nitrogens with one attached hydrogen (secondary N) is 2. The zero-order valence-electron chi connectivity index (χ0n) is 11.6. The van der Waals surface area contributed by atoms with Gasteiger partial charge in [0.2, 0.25) is 16.9 Å². The lowest BCUT2D eigenvalue weighted by molar-refractivity contribution is -0.124. The van der Waals surface area contributed by atoms with E-state index in [9.17, 15) is 9.59 Å². The van der Waals surface area contributed by atoms with E-state index in [4.69, 9.17) is 0 Å². The fourth-order valence-corrected chi connectivity index (χ4v) is 2.04. The minimum Gasteiger partial charge on any atom is -0.345 e. The van der Waals surface area contributed by atoms with E-state index in [0.29, 0.717) is 5.13 Å². The van der Waals surface area contributed by atoms with Crippen LogP contribution in [0, 0.1) is 0 Å². The molecule has 0 unspecified atom stereocenters. The lowest BCUT2D eigenvalue weighted by Crippen LogP contribution is -2.40. The molecule has 0 radical (unpaired) electrons. The highest BCUT2D eigenvalue weighted by molar-refractivity contribution is 7.15. The van der Waals surface area contributed by atoms with E-state index >= 15 is 0 Å². The van der Waals surface area contributed by atoms with Crippen molar-refractivity contribution in [3.8, 4) is 0 Å². The molecule has 0 fully saturated rings. The highest BCUT2D eigenvalue weighted by Gasteiger charge is 2.15. The third-order valence-electron chi connectivity index (χ3n) is 2.28. The number of rotatable bonds is 6. The van der Waals surface area contributed by atoms with E-state index in [0.717, 1.165) is 18.0 Å². The third kappa shape index (κ3) is 5.75. The minimum absolute atomic E-state index is 0.244. The van der Waals surface area contributed by atoms with Crippen LogP contribution in [0.4, 0.5) is 5.13 Å². The summed E-state index contributed by atoms with van der Waals surface area (Å²) in [6.07, 6.45) is 0.793. The summed E-state index contributed by atoms with van der Waals surface area (Å²) in [6.45, 7) is 3.86. The van der Waals surface area contributed by atoms with Crippen molar-refractivity contribution in [1.29, 1.82) is 0 Å². The highest BCUT2D eigenvalue weighted by Crippen LogP contribution is 2.15. The standard InChI is InChI=1S/C11H19N5O2S/c1-7(12-8(2)17)10(18)13-11-15-14-9(19-11)5-6-16(3)4/h7H,5-6H2,1-4H3,(H,12,17)(H,13,15,18)/t7-/m0/s1. The Labute approximate surface area is 116 Å². The van der Waals surface area contributed by atoms with Gasteiger partial charge in [-0.3, -0.25) is 14.9 Å². The molecule has 1 atom stereocenters. The van der Waals surface area contributed by atoms with Crippen LogP contribution in [0.2, 0.25) is 0 Å². The van der Waals surface area contributed by atoms with Gasteiger partial charge in [0.1, 0.15) is 11.0 Å². The van der Waals surface area contributed by atoms with Crippen molar-refractivity contribution in [2.45, 2.75) is 26.3 Å². The number of likely N-dealkylation sites (N-methyl/N-ethyl adjacent to an activating group) is 1. The Hall–Kier alpha value is -1.54. The van der Waals surface area contributed by atoms with Gasteiger partial charge in [0.05, 0.1) is 0 Å². The van der Waals surface area contributed by atoms with Crippen LogP contribution in [0.15, 0.2) is 0 Å². The van der Waals surface area contributed by atoms with Crippen molar-refractivity contribution in [2.24, 2.45) is 0 Å². The number of hydrogen-bond acceptors (Lipinski definition) is 6. The van der Waals surface area contributed by atoms with Gasteiger partial charge in [0, 0.05) is 19.9 Å². The van der Waals surface area contributed by atoms with E-state index in [1.807, 2.05) is 14.1 Å². The molecule has 0 bridgehead atoms. The molecule has 0 aliphatic carbocycles. The van der Waals surface area contributed by atoms with Gasteiger partial charge >= 0.3 is 0 Å². The Balaban J connectivity index is 2.48. The molecule has 8 heteroatoms. The quantitative estimate of drug-likeness (QED) is 0.774. The molecule has 1 aromatic heterocycles. The van der Waals surface area contributed by atoms with E-state index < -0.39 is 6.04 Å². The van der Waals surface area contributed by atoms with Crippen LogP contribution >= 0.6 is 11.3 Å². The Kier molecular flexibility index (Phi) is 5.84. The van der Waals surface area contributed by atoms with Crippen LogP contribution in [-0.4, -0.2) is 53.6 Å². The SMILES string of the molecule is CC(=O)N[C@@H](C)C(=O)Nc1nnc(CCN(C)C)s1. The smallest absolute Gasteiger partial charge is 0.248 e. The number of carbonyl (C=O) groups is 2. The normalized spacial score (nSPS) is 12.3. The van der Waals surface area contributed by atoms with Gasteiger partial charge in [0.25, 0.3) is 0 Å². The molecule has 7 nitrogen and oxygen atoms in total. The van der Waals surface area contributed by atoms with Crippen LogP contribution in [0.3, 0.4) is 0 Å². The summed E-state index contributed by atoms with van der Waals surface area (Å²) in [6, 6.07) is -0.591. The maximum atomic E-state index is 11.7. The van der Waals surface area contributed by atoms with Gasteiger partial charge < -0.3 is 10.2 Å². The first-order valence-electron chi connectivity index (χ1n) is 5.93. The van der Waals surface area contributed by atoms with E-state index in [1.54, 1.807) is 6.92 Å². The van der Waals surface area contributed by atoms with Crippen LogP contribution in [-0.2, 0) is 16.0 Å². The van der Waals surface area contributed by atoms with Crippen molar-refractivity contribution in [1.82, 2.24) is 20.4 Å². The first-order valence-corrected chi connectivity index (χ1v) is 6.75. The summed E-state index contributed by atoms with van der Waals surface area (Å²) >= 11 is 1.35. The summed E-state index contributed by atoms with van der Waals surface area (Å²) in [5, 5.41) is 14.4. The van der Waals surface area contributed by atoms with Crippen LogP contribution < -0.4 is 10.6 Å². The van der Waals surface area contributed by atoms with Crippen LogP contribution in [0.5, 0.6) is 0 Å². The predicted octanol–water partition coefficient (Wildman–Crippen LogP) is 0.105. The van der Waals surface area contributed by atoms with Gasteiger partial charge in [-0.2, -0.15) is 0 Å². The Morgan fingerprint density at radius 1 is 1.37 bits per heavy atom. The molecule has 2 amide bonds. The number of amides is 2. The van der Waals surface area contributed by atoms with Gasteiger partial charge in [0.15, 0.2) is 0 Å². The maximum Gasteiger partial charge on any atom is 0.248 e.